The van der Waals surface area contributed by atoms with Crippen LogP contribution in [0, 0.1) is 0 Å². The van der Waals surface area contributed by atoms with Crippen molar-refractivity contribution < 1.29 is 0 Å². The average Bonchev–Trinajstić information content (AvgIpc) is 3.33. The Morgan fingerprint density at radius 1 is 0.568 bits per heavy atom. The molecule has 2 heterocycles. The van der Waals surface area contributed by atoms with E-state index in [4.69, 9.17) is 4.98 Å². The Labute approximate surface area is 225 Å². The molecule has 0 radical (unpaired) electrons. The molecular formula is C34H47N3. The average molecular weight is 498 g/mol. The van der Waals surface area contributed by atoms with Gasteiger partial charge in [0.25, 0.3) is 0 Å². The summed E-state index contributed by atoms with van der Waals surface area (Å²) in [5.41, 5.74) is 6.53. The second kappa shape index (κ2) is 14.8. The maximum atomic E-state index is 4.77. The van der Waals surface area contributed by atoms with E-state index in [0.29, 0.717) is 0 Å². The minimum atomic E-state index is 0.792. The lowest BCUT2D eigenvalue weighted by molar-refractivity contribution is 0.607. The Kier molecular flexibility index (Phi) is 10.9. The second-order valence-corrected chi connectivity index (χ2v) is 10.7. The highest BCUT2D eigenvalue weighted by molar-refractivity contribution is 5.84. The van der Waals surface area contributed by atoms with Gasteiger partial charge in [0.05, 0.1) is 5.69 Å². The topological polar surface area (TPSA) is 19.4 Å². The molecule has 0 aliphatic carbocycles. The fourth-order valence-corrected chi connectivity index (χ4v) is 5.42. The summed E-state index contributed by atoms with van der Waals surface area (Å²) in [6, 6.07) is 22.6. The summed E-state index contributed by atoms with van der Waals surface area (Å²) in [6.45, 7) is 5.35. The van der Waals surface area contributed by atoms with Crippen LogP contribution in [0.25, 0.3) is 0 Å². The van der Waals surface area contributed by atoms with Gasteiger partial charge in [-0.15, -0.1) is 0 Å². The van der Waals surface area contributed by atoms with Crippen molar-refractivity contribution in [2.24, 2.45) is 0 Å². The third kappa shape index (κ3) is 7.84. The van der Waals surface area contributed by atoms with E-state index in [2.05, 4.69) is 78.2 Å². The second-order valence-electron chi connectivity index (χ2n) is 10.7. The smallest absolute Gasteiger partial charge is 0.158 e. The Morgan fingerprint density at radius 2 is 1.05 bits per heavy atom. The van der Waals surface area contributed by atoms with Gasteiger partial charge < -0.3 is 9.80 Å². The molecule has 1 aliphatic rings. The van der Waals surface area contributed by atoms with Gasteiger partial charge in [0.2, 0.25) is 0 Å². The van der Waals surface area contributed by atoms with Crippen LogP contribution in [0.2, 0.25) is 0 Å². The molecular weight excluding hydrogens is 450 g/mol. The number of aromatic nitrogens is 1. The van der Waals surface area contributed by atoms with Crippen molar-refractivity contribution in [1.29, 1.82) is 0 Å². The van der Waals surface area contributed by atoms with Crippen molar-refractivity contribution in [3.05, 3.63) is 78.0 Å². The molecule has 0 bridgehead atoms. The van der Waals surface area contributed by atoms with Crippen molar-refractivity contribution in [3.63, 3.8) is 0 Å². The van der Waals surface area contributed by atoms with E-state index < -0.39 is 0 Å². The molecule has 3 heteroatoms. The first-order valence-corrected chi connectivity index (χ1v) is 15.0. The highest BCUT2D eigenvalue weighted by atomic mass is 15.4. The van der Waals surface area contributed by atoms with Crippen LogP contribution in [0.5, 0.6) is 0 Å². The molecule has 3 aromatic rings. The van der Waals surface area contributed by atoms with Crippen LogP contribution in [0.15, 0.2) is 66.9 Å². The third-order valence-corrected chi connectivity index (χ3v) is 7.73. The fourth-order valence-electron chi connectivity index (χ4n) is 5.42. The molecule has 0 unspecified atom stereocenters. The molecule has 1 aromatic heterocycles. The van der Waals surface area contributed by atoms with Crippen molar-refractivity contribution in [1.82, 2.24) is 4.98 Å². The SMILES string of the molecule is CCCCCCCCc1ccc(N2CN(c3ccc(CCCCCCCC)cc3)c3ncccc32)cc1. The predicted molar refractivity (Wildman–Crippen MR) is 160 cm³/mol. The first kappa shape index (κ1) is 27.2. The molecule has 0 saturated heterocycles. The fraction of sp³-hybridized carbons (Fsp3) is 0.500. The number of hydrogen-bond donors (Lipinski definition) is 0. The molecule has 198 valence electrons. The first-order valence-electron chi connectivity index (χ1n) is 15.0. The maximum absolute atomic E-state index is 4.77. The van der Waals surface area contributed by atoms with Gasteiger partial charge in [-0.05, 0) is 73.2 Å². The zero-order valence-corrected chi connectivity index (χ0v) is 23.3. The van der Waals surface area contributed by atoms with Gasteiger partial charge in [-0.3, -0.25) is 0 Å². The van der Waals surface area contributed by atoms with Crippen LogP contribution in [0.4, 0.5) is 22.9 Å². The largest absolute Gasteiger partial charge is 0.320 e. The van der Waals surface area contributed by atoms with E-state index in [-0.39, 0.29) is 0 Å². The number of nitrogens with zero attached hydrogens (tertiary/aromatic N) is 3. The molecule has 37 heavy (non-hydrogen) atoms. The summed E-state index contributed by atoms with van der Waals surface area (Å²) >= 11 is 0. The number of unbranched alkanes of at least 4 members (excludes halogenated alkanes) is 10. The Morgan fingerprint density at radius 3 is 1.59 bits per heavy atom. The number of rotatable bonds is 16. The van der Waals surface area contributed by atoms with E-state index in [9.17, 15) is 0 Å². The number of benzene rings is 2. The molecule has 0 atom stereocenters. The number of pyridine rings is 1. The molecule has 2 aromatic carbocycles. The summed E-state index contributed by atoms with van der Waals surface area (Å²) in [4.78, 5) is 9.50. The molecule has 0 fully saturated rings. The maximum Gasteiger partial charge on any atom is 0.158 e. The molecule has 1 aliphatic heterocycles. The summed E-state index contributed by atoms with van der Waals surface area (Å²) in [7, 11) is 0. The molecule has 4 rings (SSSR count). The van der Waals surface area contributed by atoms with E-state index in [1.165, 1.54) is 118 Å². The zero-order chi connectivity index (χ0) is 25.7. The normalized spacial score (nSPS) is 12.8. The molecule has 0 spiro atoms. The van der Waals surface area contributed by atoms with E-state index in [0.717, 1.165) is 12.5 Å². The third-order valence-electron chi connectivity index (χ3n) is 7.73. The van der Waals surface area contributed by atoms with Crippen molar-refractivity contribution in [2.75, 3.05) is 16.5 Å². The molecule has 3 nitrogen and oxygen atoms in total. The van der Waals surface area contributed by atoms with Crippen LogP contribution < -0.4 is 9.80 Å². The Hall–Kier alpha value is -2.81. The Balaban J connectivity index is 1.34. The highest BCUT2D eigenvalue weighted by Gasteiger charge is 2.29. The lowest BCUT2D eigenvalue weighted by Crippen LogP contribution is -2.24. The van der Waals surface area contributed by atoms with Gasteiger partial charge in [0.1, 0.15) is 6.67 Å². The molecule has 0 N–H and O–H groups in total. The van der Waals surface area contributed by atoms with Crippen molar-refractivity contribution >= 4 is 22.9 Å². The van der Waals surface area contributed by atoms with Crippen molar-refractivity contribution in [3.8, 4) is 0 Å². The number of hydrogen-bond acceptors (Lipinski definition) is 3. The highest BCUT2D eigenvalue weighted by Crippen LogP contribution is 2.42. The van der Waals surface area contributed by atoms with Crippen LogP contribution in [-0.2, 0) is 12.8 Å². The van der Waals surface area contributed by atoms with Crippen LogP contribution in [0.3, 0.4) is 0 Å². The standard InChI is InChI=1S/C34H47N3/c1-3-5-7-9-11-13-16-29-19-23-31(24-20-29)36-28-37(34-33(36)18-15-27-35-34)32-25-21-30(22-26-32)17-14-12-10-8-6-4-2/h15,18-27H,3-14,16-17,28H2,1-2H3. The summed E-state index contributed by atoms with van der Waals surface area (Å²) in [6.07, 6.45) is 20.5. The Bertz CT molecular complexity index is 957. The quantitative estimate of drug-likeness (QED) is 0.183. The monoisotopic (exact) mass is 497 g/mol. The number of fused-ring (bicyclic) bond motifs is 1. The van der Waals surface area contributed by atoms with E-state index in [1.807, 2.05) is 12.3 Å². The van der Waals surface area contributed by atoms with Gasteiger partial charge in [0.15, 0.2) is 5.82 Å². The van der Waals surface area contributed by atoms with E-state index >= 15 is 0 Å². The number of aryl methyl sites for hydroxylation is 2. The van der Waals surface area contributed by atoms with Gasteiger partial charge in [-0.2, -0.15) is 0 Å². The van der Waals surface area contributed by atoms with E-state index in [1.54, 1.807) is 0 Å². The lowest BCUT2D eigenvalue weighted by Gasteiger charge is -2.22. The van der Waals surface area contributed by atoms with Crippen LogP contribution >= 0.6 is 0 Å². The minimum Gasteiger partial charge on any atom is -0.320 e. The lowest BCUT2D eigenvalue weighted by atomic mass is 10.0. The number of anilines is 4. The summed E-state index contributed by atoms with van der Waals surface area (Å²) in [5, 5.41) is 0. The van der Waals surface area contributed by atoms with Gasteiger partial charge in [0, 0.05) is 17.6 Å². The van der Waals surface area contributed by atoms with Crippen LogP contribution in [0.1, 0.15) is 102 Å². The van der Waals surface area contributed by atoms with Gasteiger partial charge in [-0.1, -0.05) is 102 Å². The van der Waals surface area contributed by atoms with Crippen LogP contribution in [-0.4, -0.2) is 11.7 Å². The zero-order valence-electron chi connectivity index (χ0n) is 23.3. The van der Waals surface area contributed by atoms with Gasteiger partial charge in [-0.25, -0.2) is 4.98 Å². The molecule has 0 saturated carbocycles. The van der Waals surface area contributed by atoms with Crippen molar-refractivity contribution in [2.45, 2.75) is 104 Å². The summed E-state index contributed by atoms with van der Waals surface area (Å²) < 4.78 is 0. The first-order chi connectivity index (χ1) is 18.3. The van der Waals surface area contributed by atoms with Gasteiger partial charge >= 0.3 is 0 Å². The molecule has 0 amide bonds. The minimum absolute atomic E-state index is 0.792. The predicted octanol–water partition coefficient (Wildman–Crippen LogP) is 10.1. The summed E-state index contributed by atoms with van der Waals surface area (Å²) in [5.74, 6) is 1.04.